The van der Waals surface area contributed by atoms with Gasteiger partial charge in [-0.25, -0.2) is 4.68 Å². The van der Waals surface area contributed by atoms with Crippen LogP contribution in [-0.2, 0) is 20.8 Å². The molecule has 0 amide bonds. The molecule has 1 N–H and O–H groups in total. The second-order valence-corrected chi connectivity index (χ2v) is 9.84. The Morgan fingerprint density at radius 3 is 2.69 bits per heavy atom. The van der Waals surface area contributed by atoms with Crippen LogP contribution in [0.25, 0.3) is 32.9 Å². The van der Waals surface area contributed by atoms with Crippen molar-refractivity contribution in [3.63, 3.8) is 0 Å². The van der Waals surface area contributed by atoms with E-state index in [1.807, 2.05) is 43.3 Å². The largest absolute Gasteiger partial charge is 0.480 e. The number of carboxylic acid groups (broad SMARTS) is 1. The number of fused-ring (bicyclic) bond motifs is 2. The summed E-state index contributed by atoms with van der Waals surface area (Å²) in [5, 5.41) is 17.0. The molecule has 2 aromatic carbocycles. The molecule has 0 saturated carbocycles. The summed E-state index contributed by atoms with van der Waals surface area (Å²) in [6.07, 6.45) is 11.9. The average molecular weight is 542 g/mol. The van der Waals surface area contributed by atoms with Crippen molar-refractivity contribution in [2.45, 2.75) is 32.4 Å². The minimum Gasteiger partial charge on any atom is -0.480 e. The molecule has 4 aromatic rings. The molecular weight excluding hydrogens is 518 g/mol. The van der Waals surface area contributed by atoms with Gasteiger partial charge in [0.1, 0.15) is 37.1 Å². The molecule has 0 spiro atoms. The van der Waals surface area contributed by atoms with Crippen molar-refractivity contribution in [1.82, 2.24) is 14.3 Å². The highest BCUT2D eigenvalue weighted by atomic mass is 35.5. The Balaban J connectivity index is 1.69. The third kappa shape index (κ3) is 4.32. The quantitative estimate of drug-likeness (QED) is 0.310. The number of benzene rings is 2. The molecule has 0 fully saturated rings. The number of nitrogens with zero attached hydrogens (tertiary/aromatic N) is 3. The zero-order chi connectivity index (χ0) is 27.1. The molecule has 3 heterocycles. The van der Waals surface area contributed by atoms with E-state index in [1.54, 1.807) is 22.8 Å². The average Bonchev–Trinajstić information content (AvgIpc) is 3.21. The van der Waals surface area contributed by atoms with Crippen LogP contribution in [0.2, 0.25) is 5.02 Å². The van der Waals surface area contributed by atoms with Crippen LogP contribution in [0.15, 0.2) is 95.6 Å². The van der Waals surface area contributed by atoms with Crippen LogP contribution in [0.4, 0.5) is 0 Å². The van der Waals surface area contributed by atoms with Crippen LogP contribution in [-0.4, -0.2) is 25.4 Å². The molecule has 1 aliphatic carbocycles. The Bertz CT molecular complexity index is 1830. The fourth-order valence-electron chi connectivity index (χ4n) is 5.37. The molecule has 1 atom stereocenters. The van der Waals surface area contributed by atoms with Crippen molar-refractivity contribution in [1.29, 1.82) is 0 Å². The van der Waals surface area contributed by atoms with Crippen LogP contribution in [0.5, 0.6) is 0 Å². The predicted molar refractivity (Wildman–Crippen MR) is 149 cm³/mol. The van der Waals surface area contributed by atoms with E-state index >= 15 is 0 Å². The lowest BCUT2D eigenvalue weighted by molar-refractivity contribution is -0.137. The smallest absolute Gasteiger partial charge is 0.323 e. The van der Waals surface area contributed by atoms with E-state index in [9.17, 15) is 14.7 Å². The number of aliphatic carboxylic acids is 1. The lowest BCUT2D eigenvalue weighted by atomic mass is 9.96. The highest BCUT2D eigenvalue weighted by molar-refractivity contribution is 6.31. The molecule has 0 bridgehead atoms. The summed E-state index contributed by atoms with van der Waals surface area (Å²) in [7, 11) is 0. The van der Waals surface area contributed by atoms with Gasteiger partial charge in [0.15, 0.2) is 5.76 Å². The summed E-state index contributed by atoms with van der Waals surface area (Å²) in [5.41, 5.74) is 3.35. The molecule has 0 saturated heterocycles. The van der Waals surface area contributed by atoms with Crippen LogP contribution < -0.4 is 5.56 Å². The highest BCUT2D eigenvalue weighted by Gasteiger charge is 2.29. The lowest BCUT2D eigenvalue weighted by Crippen LogP contribution is -2.31. The molecule has 8 nitrogen and oxygen atoms in total. The number of hydrogen-bond acceptors (Lipinski definition) is 5. The molecule has 39 heavy (non-hydrogen) atoms. The van der Waals surface area contributed by atoms with Gasteiger partial charge in [-0.3, -0.25) is 9.59 Å². The van der Waals surface area contributed by atoms with Gasteiger partial charge < -0.3 is 19.1 Å². The predicted octanol–water partition coefficient (Wildman–Crippen LogP) is 6.24. The van der Waals surface area contributed by atoms with Crippen molar-refractivity contribution in [2.75, 3.05) is 0 Å². The van der Waals surface area contributed by atoms with Gasteiger partial charge in [0.25, 0.3) is 5.56 Å². The normalized spacial score (nSPS) is 15.5. The number of ether oxygens (including phenoxy) is 2. The van der Waals surface area contributed by atoms with E-state index in [-0.39, 0.29) is 12.1 Å². The number of carboxylic acids is 1. The summed E-state index contributed by atoms with van der Waals surface area (Å²) in [6.45, 7) is 1.63. The maximum atomic E-state index is 14.0. The van der Waals surface area contributed by atoms with E-state index in [1.165, 1.54) is 23.5 Å². The Morgan fingerprint density at radius 2 is 1.97 bits per heavy atom. The minimum atomic E-state index is -0.967. The molecular formula is C30H24ClN3O5. The second-order valence-electron chi connectivity index (χ2n) is 9.40. The van der Waals surface area contributed by atoms with Crippen LogP contribution in [0, 0.1) is 6.92 Å². The number of aromatic nitrogens is 3. The molecule has 196 valence electrons. The number of hydrogen-bond donors (Lipinski definition) is 1. The van der Waals surface area contributed by atoms with Gasteiger partial charge in [-0.2, -0.15) is 5.10 Å². The van der Waals surface area contributed by atoms with Gasteiger partial charge in [0.2, 0.25) is 0 Å². The fourth-order valence-corrected chi connectivity index (χ4v) is 5.54. The molecule has 1 aliphatic heterocycles. The first kappa shape index (κ1) is 24.8. The zero-order valence-corrected chi connectivity index (χ0v) is 21.8. The van der Waals surface area contributed by atoms with E-state index < -0.39 is 12.0 Å². The Morgan fingerprint density at radius 1 is 1.15 bits per heavy atom. The van der Waals surface area contributed by atoms with Gasteiger partial charge in [-0.05, 0) is 49.6 Å². The summed E-state index contributed by atoms with van der Waals surface area (Å²) >= 11 is 6.41. The van der Waals surface area contributed by atoms with E-state index in [0.717, 1.165) is 17.4 Å². The van der Waals surface area contributed by atoms with E-state index in [2.05, 4.69) is 6.08 Å². The molecule has 0 radical (unpaired) electrons. The fraction of sp³-hybridized carbons (Fsp3) is 0.167. The first-order chi connectivity index (χ1) is 18.9. The van der Waals surface area contributed by atoms with E-state index in [0.29, 0.717) is 50.4 Å². The van der Waals surface area contributed by atoms with Crippen molar-refractivity contribution in [3.8, 4) is 11.3 Å². The Hall–Kier alpha value is -4.56. The van der Waals surface area contributed by atoms with Crippen molar-refractivity contribution in [3.05, 3.63) is 112 Å². The number of carbonyl (C=O) groups is 1. The molecule has 6 rings (SSSR count). The van der Waals surface area contributed by atoms with Crippen molar-refractivity contribution in [2.24, 2.45) is 0 Å². The summed E-state index contributed by atoms with van der Waals surface area (Å²) < 4.78 is 14.4. The van der Waals surface area contributed by atoms with Crippen LogP contribution >= 0.6 is 11.6 Å². The molecule has 9 heteroatoms. The van der Waals surface area contributed by atoms with Crippen molar-refractivity contribution < 1.29 is 19.4 Å². The number of rotatable bonds is 6. The second kappa shape index (κ2) is 9.96. The minimum absolute atomic E-state index is 0.228. The Kier molecular flexibility index (Phi) is 6.32. The van der Waals surface area contributed by atoms with Crippen LogP contribution in [0.1, 0.15) is 24.6 Å². The maximum Gasteiger partial charge on any atom is 0.323 e. The van der Waals surface area contributed by atoms with Gasteiger partial charge in [-0.1, -0.05) is 48.0 Å². The maximum absolute atomic E-state index is 14.0. The third-order valence-corrected chi connectivity index (χ3v) is 7.31. The van der Waals surface area contributed by atoms with Gasteiger partial charge in [0.05, 0.1) is 5.39 Å². The monoisotopic (exact) mass is 541 g/mol. The molecule has 2 aromatic heterocycles. The van der Waals surface area contributed by atoms with Gasteiger partial charge >= 0.3 is 5.97 Å². The van der Waals surface area contributed by atoms with Crippen LogP contribution in [0.3, 0.4) is 0 Å². The van der Waals surface area contributed by atoms with Gasteiger partial charge in [-0.15, -0.1) is 0 Å². The lowest BCUT2D eigenvalue weighted by Gasteiger charge is -2.26. The Labute approximate surface area is 228 Å². The molecule has 2 aliphatic rings. The SMILES string of the molecule is Cc1c(-c2nn(C(C3=CC=CCC3)C3=COC=CO3)c(=O)c3ccccc23)c2cc(Cl)ccc2n1CC(=O)O. The van der Waals surface area contributed by atoms with E-state index in [4.69, 9.17) is 26.2 Å². The number of allylic oxidation sites excluding steroid dienone is 4. The van der Waals surface area contributed by atoms with Crippen molar-refractivity contribution >= 4 is 39.2 Å². The standard InChI is InChI=1S/C30H24ClN3O5/c1-18-27(23-15-20(31)11-12-24(23)33(18)16-26(35)36)28-21-9-5-6-10-22(21)30(37)34(32-28)29(19-7-3-2-4-8-19)25-17-38-13-14-39-25/h2-3,5-7,9-15,17,29H,4,8,16H2,1H3,(H,35,36). The highest BCUT2D eigenvalue weighted by Crippen LogP contribution is 2.39. The summed E-state index contributed by atoms with van der Waals surface area (Å²) in [6, 6.07) is 12.0. The third-order valence-electron chi connectivity index (χ3n) is 7.08. The number of halogens is 1. The summed E-state index contributed by atoms with van der Waals surface area (Å²) in [4.78, 5) is 25.8. The van der Waals surface area contributed by atoms with Gasteiger partial charge in [0, 0.05) is 32.6 Å². The topological polar surface area (TPSA) is 95.6 Å². The summed E-state index contributed by atoms with van der Waals surface area (Å²) in [5.74, 6) is -0.533. The molecule has 1 unspecified atom stereocenters. The first-order valence-corrected chi connectivity index (χ1v) is 12.9. The first-order valence-electron chi connectivity index (χ1n) is 12.5. The zero-order valence-electron chi connectivity index (χ0n) is 21.0.